The molecular formula is C19H18N2O3. The quantitative estimate of drug-likeness (QED) is 0.749. The number of carbonyl (C=O) groups is 1. The first-order valence-corrected chi connectivity index (χ1v) is 7.72. The molecule has 1 aromatic heterocycles. The standard InChI is InChI=1S/C19H18N2O3/c1-11(2)12-4-6-13(7-5-12)17-18(22)21-15-9-8-14(19(23)24-3)10-16(15)20-17/h4-11H,1-3H3,(H,21,22). The molecule has 5 nitrogen and oxygen atoms in total. The van der Waals surface area contributed by atoms with Crippen molar-refractivity contribution in [3.05, 3.63) is 63.9 Å². The van der Waals surface area contributed by atoms with E-state index in [2.05, 4.69) is 23.8 Å². The average Bonchev–Trinajstić information content (AvgIpc) is 2.60. The SMILES string of the molecule is COC(=O)c1ccc2[nH]c(=O)c(-c3ccc(C(C)C)cc3)nc2c1. The van der Waals surface area contributed by atoms with Gasteiger partial charge in [0.25, 0.3) is 5.56 Å². The molecule has 122 valence electrons. The van der Waals surface area contributed by atoms with Crippen LogP contribution in [0.1, 0.15) is 35.7 Å². The number of esters is 1. The van der Waals surface area contributed by atoms with Gasteiger partial charge in [0.15, 0.2) is 0 Å². The van der Waals surface area contributed by atoms with Gasteiger partial charge in [0, 0.05) is 5.56 Å². The Labute approximate surface area is 139 Å². The Kier molecular flexibility index (Phi) is 4.16. The van der Waals surface area contributed by atoms with E-state index in [9.17, 15) is 9.59 Å². The summed E-state index contributed by atoms with van der Waals surface area (Å²) in [5, 5.41) is 0. The van der Waals surface area contributed by atoms with Crippen LogP contribution in [0.4, 0.5) is 0 Å². The van der Waals surface area contributed by atoms with Gasteiger partial charge in [0.05, 0.1) is 23.7 Å². The Morgan fingerprint density at radius 3 is 2.46 bits per heavy atom. The van der Waals surface area contributed by atoms with Gasteiger partial charge in [-0.05, 0) is 29.7 Å². The van der Waals surface area contributed by atoms with Crippen LogP contribution in [0.5, 0.6) is 0 Å². The third-order valence-corrected chi connectivity index (χ3v) is 3.97. The molecule has 0 unspecified atom stereocenters. The lowest BCUT2D eigenvalue weighted by molar-refractivity contribution is 0.0601. The number of aromatic nitrogens is 2. The summed E-state index contributed by atoms with van der Waals surface area (Å²) in [6, 6.07) is 12.6. The number of carbonyl (C=O) groups excluding carboxylic acids is 1. The molecule has 0 fully saturated rings. The fourth-order valence-corrected chi connectivity index (χ4v) is 2.55. The van der Waals surface area contributed by atoms with E-state index >= 15 is 0 Å². The molecule has 2 aromatic carbocycles. The minimum Gasteiger partial charge on any atom is -0.465 e. The van der Waals surface area contributed by atoms with Gasteiger partial charge in [-0.3, -0.25) is 4.79 Å². The predicted molar refractivity (Wildman–Crippen MR) is 93.2 cm³/mol. The van der Waals surface area contributed by atoms with Crippen molar-refractivity contribution in [2.45, 2.75) is 19.8 Å². The number of methoxy groups -OCH3 is 1. The highest BCUT2D eigenvalue weighted by molar-refractivity contribution is 5.93. The highest BCUT2D eigenvalue weighted by Gasteiger charge is 2.11. The molecule has 0 aliphatic heterocycles. The van der Waals surface area contributed by atoms with Crippen LogP contribution in [0.3, 0.4) is 0 Å². The Morgan fingerprint density at radius 1 is 1.12 bits per heavy atom. The second-order valence-corrected chi connectivity index (χ2v) is 5.91. The number of hydrogen-bond acceptors (Lipinski definition) is 4. The summed E-state index contributed by atoms with van der Waals surface area (Å²) in [5.41, 5.74) is 3.53. The highest BCUT2D eigenvalue weighted by atomic mass is 16.5. The van der Waals surface area contributed by atoms with Crippen molar-refractivity contribution >= 4 is 17.0 Å². The van der Waals surface area contributed by atoms with Crippen molar-refractivity contribution in [2.75, 3.05) is 7.11 Å². The highest BCUT2D eigenvalue weighted by Crippen LogP contribution is 2.21. The van der Waals surface area contributed by atoms with Gasteiger partial charge in [0.2, 0.25) is 0 Å². The molecule has 0 saturated carbocycles. The van der Waals surface area contributed by atoms with Crippen LogP contribution in [-0.2, 0) is 4.74 Å². The topological polar surface area (TPSA) is 72.1 Å². The van der Waals surface area contributed by atoms with Gasteiger partial charge < -0.3 is 9.72 Å². The Bertz CT molecular complexity index is 957. The Balaban J connectivity index is 2.11. The van der Waals surface area contributed by atoms with Crippen LogP contribution in [0.2, 0.25) is 0 Å². The summed E-state index contributed by atoms with van der Waals surface area (Å²) in [5.74, 6) is -0.0164. The summed E-state index contributed by atoms with van der Waals surface area (Å²) >= 11 is 0. The molecule has 5 heteroatoms. The molecule has 0 bridgehead atoms. The van der Waals surface area contributed by atoms with Crippen LogP contribution in [0.15, 0.2) is 47.3 Å². The first-order chi connectivity index (χ1) is 11.5. The molecule has 0 aliphatic rings. The molecule has 3 aromatic rings. The molecule has 0 radical (unpaired) electrons. The maximum atomic E-state index is 12.3. The summed E-state index contributed by atoms with van der Waals surface area (Å²) < 4.78 is 4.72. The average molecular weight is 322 g/mol. The number of ether oxygens (including phenoxy) is 1. The first-order valence-electron chi connectivity index (χ1n) is 7.72. The summed E-state index contributed by atoms with van der Waals surface area (Å²) in [6.07, 6.45) is 0. The van der Waals surface area contributed by atoms with E-state index in [1.807, 2.05) is 24.3 Å². The Hall–Kier alpha value is -2.95. The molecule has 0 aliphatic carbocycles. The zero-order valence-corrected chi connectivity index (χ0v) is 13.8. The largest absolute Gasteiger partial charge is 0.465 e. The van der Waals surface area contributed by atoms with Gasteiger partial charge in [-0.15, -0.1) is 0 Å². The van der Waals surface area contributed by atoms with Crippen LogP contribution in [0, 0.1) is 0 Å². The molecule has 0 amide bonds. The van der Waals surface area contributed by atoms with E-state index in [4.69, 9.17) is 4.74 Å². The molecule has 1 N–H and O–H groups in total. The molecular weight excluding hydrogens is 304 g/mol. The number of hydrogen-bond donors (Lipinski definition) is 1. The zero-order chi connectivity index (χ0) is 17.3. The normalized spacial score (nSPS) is 11.0. The number of H-pyrrole nitrogens is 1. The molecule has 0 saturated heterocycles. The Morgan fingerprint density at radius 2 is 1.83 bits per heavy atom. The second-order valence-electron chi connectivity index (χ2n) is 5.91. The molecule has 1 heterocycles. The summed E-state index contributed by atoms with van der Waals surface area (Å²) in [6.45, 7) is 4.23. The third-order valence-electron chi connectivity index (χ3n) is 3.97. The van der Waals surface area contributed by atoms with Crippen LogP contribution in [-0.4, -0.2) is 23.0 Å². The van der Waals surface area contributed by atoms with Crippen molar-refractivity contribution in [1.29, 1.82) is 0 Å². The number of rotatable bonds is 3. The van der Waals surface area contributed by atoms with E-state index in [1.165, 1.54) is 12.7 Å². The minimum atomic E-state index is -0.437. The van der Waals surface area contributed by atoms with Crippen molar-refractivity contribution in [3.8, 4) is 11.3 Å². The number of fused-ring (bicyclic) bond motifs is 1. The van der Waals surface area contributed by atoms with Gasteiger partial charge in [-0.25, -0.2) is 9.78 Å². The number of benzene rings is 2. The lowest BCUT2D eigenvalue weighted by Gasteiger charge is -2.07. The van der Waals surface area contributed by atoms with Crippen molar-refractivity contribution in [1.82, 2.24) is 9.97 Å². The van der Waals surface area contributed by atoms with E-state index in [-0.39, 0.29) is 5.56 Å². The van der Waals surface area contributed by atoms with Crippen LogP contribution >= 0.6 is 0 Å². The van der Waals surface area contributed by atoms with Crippen molar-refractivity contribution < 1.29 is 9.53 Å². The predicted octanol–water partition coefficient (Wildman–Crippen LogP) is 3.50. The maximum Gasteiger partial charge on any atom is 0.337 e. The number of nitrogens with zero attached hydrogens (tertiary/aromatic N) is 1. The lowest BCUT2D eigenvalue weighted by Crippen LogP contribution is -2.12. The number of nitrogens with one attached hydrogen (secondary N) is 1. The lowest BCUT2D eigenvalue weighted by atomic mass is 10.0. The second kappa shape index (κ2) is 6.28. The van der Waals surface area contributed by atoms with Gasteiger partial charge in [-0.1, -0.05) is 38.1 Å². The fraction of sp³-hybridized carbons (Fsp3) is 0.211. The molecule has 24 heavy (non-hydrogen) atoms. The van der Waals surface area contributed by atoms with Crippen LogP contribution in [0.25, 0.3) is 22.3 Å². The first kappa shape index (κ1) is 15.9. The number of aromatic amines is 1. The smallest absolute Gasteiger partial charge is 0.337 e. The van der Waals surface area contributed by atoms with E-state index in [0.29, 0.717) is 28.2 Å². The van der Waals surface area contributed by atoms with E-state index in [1.54, 1.807) is 18.2 Å². The van der Waals surface area contributed by atoms with E-state index < -0.39 is 5.97 Å². The monoisotopic (exact) mass is 322 g/mol. The van der Waals surface area contributed by atoms with Gasteiger partial charge in [0.1, 0.15) is 5.69 Å². The summed E-state index contributed by atoms with van der Waals surface area (Å²) in [7, 11) is 1.33. The maximum absolute atomic E-state index is 12.3. The van der Waals surface area contributed by atoms with Crippen LogP contribution < -0.4 is 5.56 Å². The van der Waals surface area contributed by atoms with E-state index in [0.717, 1.165) is 5.56 Å². The molecule has 0 atom stereocenters. The minimum absolute atomic E-state index is 0.259. The van der Waals surface area contributed by atoms with Crippen molar-refractivity contribution in [2.24, 2.45) is 0 Å². The third kappa shape index (κ3) is 2.93. The molecule has 0 spiro atoms. The fourth-order valence-electron chi connectivity index (χ4n) is 2.55. The zero-order valence-electron chi connectivity index (χ0n) is 13.8. The molecule has 3 rings (SSSR count). The van der Waals surface area contributed by atoms with Gasteiger partial charge >= 0.3 is 5.97 Å². The summed E-state index contributed by atoms with van der Waals surface area (Å²) in [4.78, 5) is 31.2. The van der Waals surface area contributed by atoms with Gasteiger partial charge in [-0.2, -0.15) is 0 Å². The van der Waals surface area contributed by atoms with Crippen molar-refractivity contribution in [3.63, 3.8) is 0 Å².